The lowest BCUT2D eigenvalue weighted by Crippen LogP contribution is -2.51. The largest absolute Gasteiger partial charge is 0.461 e. The van der Waals surface area contributed by atoms with E-state index in [-0.39, 0.29) is 68.1 Å². The molecule has 5 aliphatic rings. The second-order valence-electron chi connectivity index (χ2n) is 13.8. The summed E-state index contributed by atoms with van der Waals surface area (Å²) in [5.41, 5.74) is 5.48. The smallest absolute Gasteiger partial charge is 0.319 e. The number of hydrogen-bond acceptors (Lipinski definition) is 10. The first-order valence-corrected chi connectivity index (χ1v) is 17.1. The number of nitrogens with zero attached hydrogens (tertiary/aromatic N) is 6. The van der Waals surface area contributed by atoms with E-state index in [1.165, 1.54) is 16.7 Å². The monoisotopic (exact) mass is 652 g/mol. The van der Waals surface area contributed by atoms with Gasteiger partial charge < -0.3 is 25.3 Å². The van der Waals surface area contributed by atoms with E-state index in [0.29, 0.717) is 38.4 Å². The second-order valence-corrected chi connectivity index (χ2v) is 14.8. The molecule has 4 atom stereocenters. The van der Waals surface area contributed by atoms with Crippen molar-refractivity contribution in [2.45, 2.75) is 75.3 Å². The summed E-state index contributed by atoms with van der Waals surface area (Å²) in [7, 11) is 0. The molecular formula is C32H35F3N8O2S. The van der Waals surface area contributed by atoms with Crippen molar-refractivity contribution in [3.63, 3.8) is 0 Å². The van der Waals surface area contributed by atoms with Crippen LogP contribution in [0.1, 0.15) is 44.9 Å². The highest BCUT2D eigenvalue weighted by atomic mass is 32.1. The SMILES string of the molecule is Nc1nc2c(-c3c(F)c4nc(OC[C@@]56CCCN5C[C@H](F)C6)nc(N5CC6CCC(C5)N6)c4c(=O)n3CC3CC3)ccc(F)c2s1. The molecule has 0 amide bonds. The Kier molecular flexibility index (Phi) is 6.56. The zero-order valence-corrected chi connectivity index (χ0v) is 26.1. The number of anilines is 2. The van der Waals surface area contributed by atoms with Crippen LogP contribution in [0.4, 0.5) is 24.1 Å². The number of hydrogen-bond donors (Lipinski definition) is 2. The Morgan fingerprint density at radius 1 is 1.07 bits per heavy atom. The Morgan fingerprint density at radius 2 is 1.87 bits per heavy atom. The van der Waals surface area contributed by atoms with E-state index >= 15 is 4.39 Å². The molecule has 1 aliphatic carbocycles. The van der Waals surface area contributed by atoms with Gasteiger partial charge in [0.2, 0.25) is 0 Å². The van der Waals surface area contributed by atoms with Crippen LogP contribution >= 0.6 is 11.3 Å². The lowest BCUT2D eigenvalue weighted by atomic mass is 9.95. The Labute approximate surface area is 266 Å². The zero-order valence-electron chi connectivity index (χ0n) is 25.3. The number of aromatic nitrogens is 4. The van der Waals surface area contributed by atoms with Crippen molar-refractivity contribution < 1.29 is 17.9 Å². The number of thiazole rings is 1. The molecule has 10 nitrogen and oxygen atoms in total. The van der Waals surface area contributed by atoms with Crippen LogP contribution < -0.4 is 26.2 Å². The molecule has 1 saturated carbocycles. The van der Waals surface area contributed by atoms with Crippen molar-refractivity contribution in [3.8, 4) is 17.3 Å². The molecule has 1 aromatic carbocycles. The number of benzene rings is 1. The van der Waals surface area contributed by atoms with E-state index in [1.54, 1.807) is 0 Å². The summed E-state index contributed by atoms with van der Waals surface area (Å²) in [5, 5.41) is 3.86. The minimum absolute atomic E-state index is 0.00676. The van der Waals surface area contributed by atoms with Gasteiger partial charge in [-0.25, -0.2) is 18.2 Å². The van der Waals surface area contributed by atoms with Gasteiger partial charge in [-0.05, 0) is 63.1 Å². The van der Waals surface area contributed by atoms with Crippen LogP contribution in [-0.4, -0.2) is 81.0 Å². The molecule has 4 aromatic rings. The molecule has 2 bridgehead atoms. The van der Waals surface area contributed by atoms with Crippen LogP contribution in [0.3, 0.4) is 0 Å². The van der Waals surface area contributed by atoms with Gasteiger partial charge >= 0.3 is 6.01 Å². The average molecular weight is 653 g/mol. The Hall–Kier alpha value is -3.49. The molecule has 0 radical (unpaired) electrons. The van der Waals surface area contributed by atoms with Gasteiger partial charge in [-0.3, -0.25) is 9.69 Å². The molecule has 242 valence electrons. The van der Waals surface area contributed by atoms with Crippen molar-refractivity contribution in [2.24, 2.45) is 5.92 Å². The molecule has 5 fully saturated rings. The summed E-state index contributed by atoms with van der Waals surface area (Å²) in [6.45, 7) is 2.91. The maximum Gasteiger partial charge on any atom is 0.319 e. The maximum absolute atomic E-state index is 17.3. The number of fused-ring (bicyclic) bond motifs is 5. The molecule has 46 heavy (non-hydrogen) atoms. The Bertz CT molecular complexity index is 1940. The van der Waals surface area contributed by atoms with Crippen LogP contribution in [0.5, 0.6) is 6.01 Å². The zero-order chi connectivity index (χ0) is 31.3. The average Bonchev–Trinajstić information content (AvgIpc) is 3.30. The normalized spacial score (nSPS) is 27.7. The number of alkyl halides is 1. The van der Waals surface area contributed by atoms with E-state index < -0.39 is 28.9 Å². The summed E-state index contributed by atoms with van der Waals surface area (Å²) < 4.78 is 54.5. The van der Waals surface area contributed by atoms with Crippen molar-refractivity contribution >= 4 is 43.4 Å². The van der Waals surface area contributed by atoms with Crippen LogP contribution in [0.25, 0.3) is 32.4 Å². The first-order valence-electron chi connectivity index (χ1n) is 16.3. The molecule has 3 N–H and O–H groups in total. The van der Waals surface area contributed by atoms with Crippen molar-refractivity contribution in [1.82, 2.24) is 29.7 Å². The minimum atomic E-state index is -0.925. The summed E-state index contributed by atoms with van der Waals surface area (Å²) in [5.74, 6) is -0.643. The Morgan fingerprint density at radius 3 is 2.65 bits per heavy atom. The maximum atomic E-state index is 17.3. The number of nitrogens with one attached hydrogen (secondary N) is 1. The van der Waals surface area contributed by atoms with Gasteiger partial charge in [0.05, 0.1) is 21.4 Å². The molecule has 3 aromatic heterocycles. The number of piperazine rings is 1. The van der Waals surface area contributed by atoms with Gasteiger partial charge in [0.15, 0.2) is 10.9 Å². The van der Waals surface area contributed by atoms with Crippen LogP contribution in [-0.2, 0) is 6.54 Å². The lowest BCUT2D eigenvalue weighted by Gasteiger charge is -2.34. The molecule has 0 spiro atoms. The van der Waals surface area contributed by atoms with Gasteiger partial charge in [-0.2, -0.15) is 9.97 Å². The molecule has 7 heterocycles. The third kappa shape index (κ3) is 4.58. The fraction of sp³-hybridized carbons (Fsp3) is 0.562. The van der Waals surface area contributed by atoms with Gasteiger partial charge in [0.25, 0.3) is 5.56 Å². The van der Waals surface area contributed by atoms with E-state index in [1.807, 2.05) is 0 Å². The second kappa shape index (κ2) is 10.5. The topological polar surface area (TPSA) is 114 Å². The summed E-state index contributed by atoms with van der Waals surface area (Å²) in [6, 6.07) is 3.15. The van der Waals surface area contributed by atoms with Crippen molar-refractivity contribution in [1.29, 1.82) is 0 Å². The Balaban J connectivity index is 1.24. The summed E-state index contributed by atoms with van der Waals surface area (Å²) in [6.07, 6.45) is 5.09. The van der Waals surface area contributed by atoms with Crippen molar-refractivity contribution in [3.05, 3.63) is 34.1 Å². The minimum Gasteiger partial charge on any atom is -0.461 e. The number of rotatable bonds is 7. The third-order valence-corrected chi connectivity index (χ3v) is 11.6. The summed E-state index contributed by atoms with van der Waals surface area (Å²) >= 11 is 0.982. The standard InChI is InChI=1S/C32H35F3N8O2S/c33-17-10-32(8-1-9-42(32)12-17)15-45-31-39-25-22(28(40-31)41-13-18-4-5-19(14-41)37-18)29(44)43(11-16-2-3-16)26(23(25)35)20-6-7-21(34)27-24(20)38-30(36)46-27/h6-7,16-19,37H,1-5,8-15H2,(H2,36,38)/t17-,18?,19?,32+/m1/s1. The quantitative estimate of drug-likeness (QED) is 0.303. The molecule has 4 aliphatic heterocycles. The lowest BCUT2D eigenvalue weighted by molar-refractivity contribution is 0.107. The highest BCUT2D eigenvalue weighted by Gasteiger charge is 2.49. The van der Waals surface area contributed by atoms with E-state index in [2.05, 4.69) is 25.1 Å². The first-order chi connectivity index (χ1) is 22.3. The predicted octanol–water partition coefficient (Wildman–Crippen LogP) is 4.23. The first kappa shape index (κ1) is 28.7. The van der Waals surface area contributed by atoms with Crippen LogP contribution in [0.2, 0.25) is 0 Å². The highest BCUT2D eigenvalue weighted by molar-refractivity contribution is 7.22. The van der Waals surface area contributed by atoms with Gasteiger partial charge in [-0.1, -0.05) is 11.3 Å². The fourth-order valence-electron chi connectivity index (χ4n) is 8.34. The molecular weight excluding hydrogens is 617 g/mol. The number of nitrogen functional groups attached to an aromatic ring is 1. The van der Waals surface area contributed by atoms with Crippen LogP contribution in [0.15, 0.2) is 16.9 Å². The van der Waals surface area contributed by atoms with Gasteiger partial charge in [0.1, 0.15) is 35.3 Å². The number of pyridine rings is 1. The fourth-order valence-corrected chi connectivity index (χ4v) is 9.11. The van der Waals surface area contributed by atoms with Gasteiger partial charge in [0, 0.05) is 50.2 Å². The van der Waals surface area contributed by atoms with E-state index in [4.69, 9.17) is 15.5 Å². The number of ether oxygens (including phenoxy) is 1. The molecule has 9 rings (SSSR count). The van der Waals surface area contributed by atoms with E-state index in [9.17, 15) is 13.6 Å². The third-order valence-electron chi connectivity index (χ3n) is 10.7. The highest BCUT2D eigenvalue weighted by Crippen LogP contribution is 2.42. The van der Waals surface area contributed by atoms with Crippen LogP contribution in [0, 0.1) is 17.6 Å². The predicted molar refractivity (Wildman–Crippen MR) is 170 cm³/mol. The van der Waals surface area contributed by atoms with Crippen molar-refractivity contribution in [2.75, 3.05) is 43.4 Å². The molecule has 4 saturated heterocycles. The van der Waals surface area contributed by atoms with Gasteiger partial charge in [-0.15, -0.1) is 0 Å². The number of nitrogens with two attached hydrogens (primary N) is 1. The molecule has 2 unspecified atom stereocenters. The number of halogens is 3. The molecule has 14 heteroatoms. The van der Waals surface area contributed by atoms with E-state index in [0.717, 1.165) is 56.4 Å². The summed E-state index contributed by atoms with van der Waals surface area (Å²) in [4.78, 5) is 32.5.